The van der Waals surface area contributed by atoms with Crippen LogP contribution in [0.25, 0.3) is 0 Å². The van der Waals surface area contributed by atoms with Crippen LogP contribution in [0.4, 0.5) is 0 Å². The molecule has 1 nitrogen and oxygen atoms in total. The molecule has 0 saturated carbocycles. The fraction of sp³-hybridized carbons (Fsp3) is 0.214. The number of pyridine rings is 1. The lowest BCUT2D eigenvalue weighted by molar-refractivity contribution is 0.791. The zero-order valence-corrected chi connectivity index (χ0v) is 9.77. The highest BCUT2D eigenvalue weighted by Gasteiger charge is 2.06. The SMILES string of the molecule is ClC(CCc1cccnc1)c1ccccc1. The summed E-state index contributed by atoms with van der Waals surface area (Å²) in [5.74, 6) is 0. The Hall–Kier alpha value is -1.34. The number of halogens is 1. The van der Waals surface area contributed by atoms with Crippen LogP contribution in [0.15, 0.2) is 54.9 Å². The van der Waals surface area contributed by atoms with Gasteiger partial charge in [0.15, 0.2) is 0 Å². The molecule has 82 valence electrons. The highest BCUT2D eigenvalue weighted by Crippen LogP contribution is 2.25. The molecule has 0 amide bonds. The van der Waals surface area contributed by atoms with Crippen molar-refractivity contribution in [2.45, 2.75) is 18.2 Å². The van der Waals surface area contributed by atoms with Crippen molar-refractivity contribution in [3.63, 3.8) is 0 Å². The number of hydrogen-bond acceptors (Lipinski definition) is 1. The van der Waals surface area contributed by atoms with Gasteiger partial charge in [0.2, 0.25) is 0 Å². The summed E-state index contributed by atoms with van der Waals surface area (Å²) in [5.41, 5.74) is 2.43. The molecule has 2 heteroatoms. The second kappa shape index (κ2) is 5.66. The van der Waals surface area contributed by atoms with Crippen LogP contribution in [-0.2, 0) is 6.42 Å². The van der Waals surface area contributed by atoms with Crippen LogP contribution in [0.3, 0.4) is 0 Å². The first-order valence-electron chi connectivity index (χ1n) is 5.44. The van der Waals surface area contributed by atoms with Gasteiger partial charge >= 0.3 is 0 Å². The molecular weight excluding hydrogens is 218 g/mol. The van der Waals surface area contributed by atoms with E-state index in [0.29, 0.717) is 0 Å². The third kappa shape index (κ3) is 3.07. The lowest BCUT2D eigenvalue weighted by atomic mass is 10.0. The number of hydrogen-bond donors (Lipinski definition) is 0. The van der Waals surface area contributed by atoms with Gasteiger partial charge in [-0.05, 0) is 30.0 Å². The molecule has 1 aromatic carbocycles. The minimum Gasteiger partial charge on any atom is -0.264 e. The van der Waals surface area contributed by atoms with Crippen LogP contribution in [0.2, 0.25) is 0 Å². The van der Waals surface area contributed by atoms with E-state index in [-0.39, 0.29) is 5.38 Å². The predicted octanol–water partition coefficient (Wildman–Crippen LogP) is 3.99. The summed E-state index contributed by atoms with van der Waals surface area (Å²) in [5, 5.41) is 0.0846. The molecule has 2 rings (SSSR count). The Morgan fingerprint density at radius 1 is 1.06 bits per heavy atom. The number of rotatable bonds is 4. The minimum atomic E-state index is 0.0846. The summed E-state index contributed by atoms with van der Waals surface area (Å²) < 4.78 is 0. The molecule has 0 aliphatic carbocycles. The average Bonchev–Trinajstić information content (AvgIpc) is 2.38. The van der Waals surface area contributed by atoms with Crippen molar-refractivity contribution in [3.8, 4) is 0 Å². The molecule has 1 heterocycles. The Morgan fingerprint density at radius 2 is 1.88 bits per heavy atom. The molecule has 1 atom stereocenters. The number of nitrogens with zero attached hydrogens (tertiary/aromatic N) is 1. The maximum absolute atomic E-state index is 6.34. The summed E-state index contributed by atoms with van der Waals surface area (Å²) in [6.45, 7) is 0. The van der Waals surface area contributed by atoms with E-state index in [1.165, 1.54) is 11.1 Å². The Bertz CT molecular complexity index is 413. The summed E-state index contributed by atoms with van der Waals surface area (Å²) in [4.78, 5) is 4.09. The van der Waals surface area contributed by atoms with Crippen molar-refractivity contribution in [2.24, 2.45) is 0 Å². The summed E-state index contributed by atoms with van der Waals surface area (Å²) in [7, 11) is 0. The summed E-state index contributed by atoms with van der Waals surface area (Å²) >= 11 is 6.34. The van der Waals surface area contributed by atoms with Gasteiger partial charge in [0, 0.05) is 12.4 Å². The minimum absolute atomic E-state index is 0.0846. The van der Waals surface area contributed by atoms with Gasteiger partial charge in [-0.2, -0.15) is 0 Å². The van der Waals surface area contributed by atoms with E-state index in [1.807, 2.05) is 30.5 Å². The maximum Gasteiger partial charge on any atom is 0.0588 e. The number of aromatic nitrogens is 1. The van der Waals surface area contributed by atoms with Gasteiger partial charge in [0.05, 0.1) is 5.38 Å². The summed E-state index contributed by atoms with van der Waals surface area (Å²) in [6.07, 6.45) is 5.60. The Balaban J connectivity index is 1.92. The van der Waals surface area contributed by atoms with Crippen LogP contribution in [0.1, 0.15) is 22.9 Å². The van der Waals surface area contributed by atoms with Gasteiger partial charge in [-0.1, -0.05) is 36.4 Å². The smallest absolute Gasteiger partial charge is 0.0588 e. The topological polar surface area (TPSA) is 12.9 Å². The zero-order valence-electron chi connectivity index (χ0n) is 9.01. The highest BCUT2D eigenvalue weighted by atomic mass is 35.5. The van der Waals surface area contributed by atoms with Crippen LogP contribution < -0.4 is 0 Å². The van der Waals surface area contributed by atoms with Gasteiger partial charge in [0.1, 0.15) is 0 Å². The Morgan fingerprint density at radius 3 is 2.56 bits per heavy atom. The third-order valence-electron chi connectivity index (χ3n) is 2.57. The van der Waals surface area contributed by atoms with Crippen molar-refractivity contribution in [3.05, 3.63) is 66.0 Å². The summed E-state index contributed by atoms with van der Waals surface area (Å²) in [6, 6.07) is 14.2. The molecule has 16 heavy (non-hydrogen) atoms. The monoisotopic (exact) mass is 231 g/mol. The maximum atomic E-state index is 6.34. The van der Waals surface area contributed by atoms with Gasteiger partial charge in [-0.25, -0.2) is 0 Å². The van der Waals surface area contributed by atoms with E-state index in [9.17, 15) is 0 Å². The van der Waals surface area contributed by atoms with Crippen molar-refractivity contribution in [1.82, 2.24) is 4.98 Å². The first-order valence-corrected chi connectivity index (χ1v) is 5.88. The van der Waals surface area contributed by atoms with E-state index in [0.717, 1.165) is 12.8 Å². The second-order valence-corrected chi connectivity index (χ2v) is 4.30. The molecule has 0 N–H and O–H groups in total. The highest BCUT2D eigenvalue weighted by molar-refractivity contribution is 6.20. The molecule has 0 fully saturated rings. The number of benzene rings is 1. The van der Waals surface area contributed by atoms with E-state index in [4.69, 9.17) is 11.6 Å². The standard InChI is InChI=1S/C14H14ClN/c15-14(13-6-2-1-3-7-13)9-8-12-5-4-10-16-11-12/h1-7,10-11,14H,8-9H2. The number of alkyl halides is 1. The molecule has 0 aliphatic heterocycles. The van der Waals surface area contributed by atoms with Crippen LogP contribution in [0.5, 0.6) is 0 Å². The van der Waals surface area contributed by atoms with Crippen molar-refractivity contribution >= 4 is 11.6 Å². The quantitative estimate of drug-likeness (QED) is 0.725. The van der Waals surface area contributed by atoms with E-state index in [2.05, 4.69) is 23.2 Å². The fourth-order valence-electron chi connectivity index (χ4n) is 1.67. The molecule has 1 aromatic heterocycles. The van der Waals surface area contributed by atoms with Gasteiger partial charge in [-0.3, -0.25) is 4.98 Å². The predicted molar refractivity (Wildman–Crippen MR) is 67.6 cm³/mol. The molecule has 0 aliphatic rings. The molecule has 0 radical (unpaired) electrons. The van der Waals surface area contributed by atoms with Crippen molar-refractivity contribution in [2.75, 3.05) is 0 Å². The van der Waals surface area contributed by atoms with Crippen molar-refractivity contribution < 1.29 is 0 Å². The van der Waals surface area contributed by atoms with E-state index < -0.39 is 0 Å². The molecular formula is C14H14ClN. The zero-order chi connectivity index (χ0) is 11.2. The van der Waals surface area contributed by atoms with Crippen LogP contribution in [0, 0.1) is 0 Å². The molecule has 2 aromatic rings. The normalized spacial score (nSPS) is 12.3. The van der Waals surface area contributed by atoms with E-state index in [1.54, 1.807) is 6.20 Å². The second-order valence-electron chi connectivity index (χ2n) is 3.78. The molecule has 0 spiro atoms. The largest absolute Gasteiger partial charge is 0.264 e. The van der Waals surface area contributed by atoms with Crippen LogP contribution in [-0.4, -0.2) is 4.98 Å². The van der Waals surface area contributed by atoms with Gasteiger partial charge in [0.25, 0.3) is 0 Å². The first-order chi connectivity index (χ1) is 7.86. The average molecular weight is 232 g/mol. The lowest BCUT2D eigenvalue weighted by Gasteiger charge is -2.09. The Kier molecular flexibility index (Phi) is 3.95. The lowest BCUT2D eigenvalue weighted by Crippen LogP contribution is -1.94. The Labute approximate surface area is 101 Å². The van der Waals surface area contributed by atoms with Crippen molar-refractivity contribution in [1.29, 1.82) is 0 Å². The molecule has 1 unspecified atom stereocenters. The molecule has 0 bridgehead atoms. The van der Waals surface area contributed by atoms with Crippen LogP contribution >= 0.6 is 11.6 Å². The van der Waals surface area contributed by atoms with Gasteiger partial charge in [-0.15, -0.1) is 11.6 Å². The van der Waals surface area contributed by atoms with E-state index >= 15 is 0 Å². The molecule has 0 saturated heterocycles. The number of aryl methyl sites for hydroxylation is 1. The first kappa shape index (κ1) is 11.2. The van der Waals surface area contributed by atoms with Gasteiger partial charge < -0.3 is 0 Å². The third-order valence-corrected chi connectivity index (χ3v) is 3.04. The fourth-order valence-corrected chi connectivity index (χ4v) is 1.92.